The average molecular weight is 324 g/mol. The summed E-state index contributed by atoms with van der Waals surface area (Å²) in [5.74, 6) is 0.493. The van der Waals surface area contributed by atoms with Crippen LogP contribution in [0.1, 0.15) is 5.01 Å². The van der Waals surface area contributed by atoms with Crippen molar-refractivity contribution in [3.8, 4) is 28.5 Å². The van der Waals surface area contributed by atoms with Gasteiger partial charge >= 0.3 is 6.09 Å². The third-order valence-electron chi connectivity index (χ3n) is 3.03. The molecule has 0 saturated carbocycles. The Hall–Kier alpha value is -2.48. The van der Waals surface area contributed by atoms with Crippen LogP contribution >= 0.6 is 11.3 Å². The number of rotatable bonds is 5. The summed E-state index contributed by atoms with van der Waals surface area (Å²) in [6.45, 7) is 0.215. The van der Waals surface area contributed by atoms with Crippen molar-refractivity contribution >= 4 is 17.4 Å². The van der Waals surface area contributed by atoms with Crippen LogP contribution in [-0.2, 0) is 6.54 Å². The van der Waals surface area contributed by atoms with E-state index in [2.05, 4.69) is 4.98 Å². The topological polar surface area (TPSA) is 92.1 Å². The minimum Gasteiger partial charge on any atom is -0.502 e. The molecule has 22 heavy (non-hydrogen) atoms. The maximum Gasteiger partial charge on any atom is 0.407 e. The van der Waals surface area contributed by atoms with Gasteiger partial charge in [-0.3, -0.25) is 0 Å². The number of thiazole rings is 1. The molecule has 1 heterocycles. The van der Waals surface area contributed by atoms with Gasteiger partial charge in [0.2, 0.25) is 5.75 Å². The molecule has 1 amide bonds. The SMILES string of the molecule is COc1cc(-c2csc(CN(C)C(=O)O)n2)cc(OC)c1O. The monoisotopic (exact) mass is 324 g/mol. The fraction of sp³-hybridized carbons (Fsp3) is 0.286. The molecular weight excluding hydrogens is 308 g/mol. The van der Waals surface area contributed by atoms with E-state index < -0.39 is 6.09 Å². The summed E-state index contributed by atoms with van der Waals surface area (Å²) in [7, 11) is 4.38. The molecule has 8 heteroatoms. The standard InChI is InChI=1S/C14H16N2O5S/c1-16(14(18)19)6-12-15-9(7-22-12)8-4-10(20-2)13(17)11(5-8)21-3/h4-5,7,17H,6H2,1-3H3,(H,18,19). The summed E-state index contributed by atoms with van der Waals surface area (Å²) in [5.41, 5.74) is 1.38. The van der Waals surface area contributed by atoms with Crippen LogP contribution in [0.3, 0.4) is 0 Å². The molecule has 2 aromatic rings. The zero-order valence-electron chi connectivity index (χ0n) is 12.4. The Morgan fingerprint density at radius 1 is 1.32 bits per heavy atom. The second-order valence-corrected chi connectivity index (χ2v) is 5.44. The van der Waals surface area contributed by atoms with E-state index in [0.717, 1.165) is 4.90 Å². The number of benzene rings is 1. The Labute approximate surface area is 131 Å². The summed E-state index contributed by atoms with van der Waals surface area (Å²) in [6, 6.07) is 3.30. The van der Waals surface area contributed by atoms with Crippen LogP contribution in [0.15, 0.2) is 17.5 Å². The van der Waals surface area contributed by atoms with Gasteiger partial charge < -0.3 is 24.6 Å². The molecule has 7 nitrogen and oxygen atoms in total. The van der Waals surface area contributed by atoms with Crippen LogP contribution in [-0.4, -0.2) is 47.5 Å². The third kappa shape index (κ3) is 3.22. The first-order valence-corrected chi connectivity index (χ1v) is 7.18. The summed E-state index contributed by atoms with van der Waals surface area (Å²) in [5, 5.41) is 21.3. The highest BCUT2D eigenvalue weighted by Gasteiger charge is 2.15. The van der Waals surface area contributed by atoms with Gasteiger partial charge in [-0.1, -0.05) is 0 Å². The van der Waals surface area contributed by atoms with Crippen LogP contribution in [0.5, 0.6) is 17.2 Å². The van der Waals surface area contributed by atoms with Crippen LogP contribution in [0.4, 0.5) is 4.79 Å². The number of phenolic OH excluding ortho intramolecular Hbond substituents is 1. The summed E-state index contributed by atoms with van der Waals surface area (Å²) in [6.07, 6.45) is -1.01. The van der Waals surface area contributed by atoms with Crippen molar-refractivity contribution in [1.82, 2.24) is 9.88 Å². The van der Waals surface area contributed by atoms with Gasteiger partial charge in [0, 0.05) is 18.0 Å². The van der Waals surface area contributed by atoms with Gasteiger partial charge in [0.1, 0.15) is 5.01 Å². The van der Waals surface area contributed by atoms with Crippen molar-refractivity contribution in [1.29, 1.82) is 0 Å². The highest BCUT2D eigenvalue weighted by atomic mass is 32.1. The molecule has 0 atom stereocenters. The van der Waals surface area contributed by atoms with Crippen LogP contribution in [0, 0.1) is 0 Å². The van der Waals surface area contributed by atoms with Gasteiger partial charge in [-0.15, -0.1) is 11.3 Å². The zero-order valence-corrected chi connectivity index (χ0v) is 13.2. The number of methoxy groups -OCH3 is 2. The molecular formula is C14H16N2O5S. The molecule has 0 unspecified atom stereocenters. The highest BCUT2D eigenvalue weighted by Crippen LogP contribution is 2.40. The van der Waals surface area contributed by atoms with Gasteiger partial charge in [-0.2, -0.15) is 0 Å². The molecule has 0 radical (unpaired) electrons. The minimum absolute atomic E-state index is 0.0742. The minimum atomic E-state index is -1.01. The maximum atomic E-state index is 10.8. The molecule has 2 N–H and O–H groups in total. The number of nitrogens with zero attached hydrogens (tertiary/aromatic N) is 2. The van der Waals surface area contributed by atoms with E-state index in [4.69, 9.17) is 14.6 Å². The van der Waals surface area contributed by atoms with Gasteiger partial charge in [0.25, 0.3) is 0 Å². The lowest BCUT2D eigenvalue weighted by Crippen LogP contribution is -2.23. The average Bonchev–Trinajstić information content (AvgIpc) is 2.95. The maximum absolute atomic E-state index is 10.8. The molecule has 0 fully saturated rings. The Kier molecular flexibility index (Phi) is 4.71. The molecule has 0 saturated heterocycles. The van der Waals surface area contributed by atoms with E-state index in [9.17, 15) is 9.90 Å². The number of ether oxygens (including phenoxy) is 2. The van der Waals surface area contributed by atoms with Crippen molar-refractivity contribution in [3.63, 3.8) is 0 Å². The Bertz CT molecular complexity index is 661. The van der Waals surface area contributed by atoms with E-state index >= 15 is 0 Å². The first kappa shape index (κ1) is 15.9. The summed E-state index contributed by atoms with van der Waals surface area (Å²) >= 11 is 1.36. The zero-order chi connectivity index (χ0) is 16.3. The number of carboxylic acid groups (broad SMARTS) is 1. The summed E-state index contributed by atoms with van der Waals surface area (Å²) < 4.78 is 10.2. The summed E-state index contributed by atoms with van der Waals surface area (Å²) in [4.78, 5) is 16.4. The number of phenols is 1. The van der Waals surface area contributed by atoms with Crippen molar-refractivity contribution in [2.24, 2.45) is 0 Å². The van der Waals surface area contributed by atoms with Crippen molar-refractivity contribution in [3.05, 3.63) is 22.5 Å². The van der Waals surface area contributed by atoms with Crippen LogP contribution in [0.2, 0.25) is 0 Å². The molecule has 2 rings (SSSR count). The van der Waals surface area contributed by atoms with Crippen molar-refractivity contribution in [2.45, 2.75) is 6.54 Å². The molecule has 0 aliphatic carbocycles. The lowest BCUT2D eigenvalue weighted by atomic mass is 10.1. The van der Waals surface area contributed by atoms with Crippen LogP contribution < -0.4 is 9.47 Å². The largest absolute Gasteiger partial charge is 0.502 e. The molecule has 0 bridgehead atoms. The molecule has 0 aliphatic heterocycles. The number of aromatic nitrogens is 1. The fourth-order valence-electron chi connectivity index (χ4n) is 1.83. The first-order valence-electron chi connectivity index (χ1n) is 6.30. The van der Waals surface area contributed by atoms with E-state index in [1.165, 1.54) is 32.6 Å². The molecule has 0 aliphatic rings. The fourth-order valence-corrected chi connectivity index (χ4v) is 2.68. The first-order chi connectivity index (χ1) is 10.5. The third-order valence-corrected chi connectivity index (χ3v) is 3.86. The molecule has 118 valence electrons. The van der Waals surface area contributed by atoms with Gasteiger partial charge in [-0.05, 0) is 12.1 Å². The van der Waals surface area contributed by atoms with Crippen molar-refractivity contribution in [2.75, 3.05) is 21.3 Å². The quantitative estimate of drug-likeness (QED) is 0.878. The second-order valence-electron chi connectivity index (χ2n) is 4.49. The lowest BCUT2D eigenvalue weighted by Gasteiger charge is -2.11. The van der Waals surface area contributed by atoms with Gasteiger partial charge in [0.15, 0.2) is 11.5 Å². The number of hydrogen-bond donors (Lipinski definition) is 2. The lowest BCUT2D eigenvalue weighted by molar-refractivity contribution is 0.153. The molecule has 1 aromatic carbocycles. The van der Waals surface area contributed by atoms with E-state index in [-0.39, 0.29) is 23.8 Å². The number of carbonyl (C=O) groups is 1. The number of amides is 1. The van der Waals surface area contributed by atoms with Crippen LogP contribution in [0.25, 0.3) is 11.3 Å². The highest BCUT2D eigenvalue weighted by molar-refractivity contribution is 7.09. The number of aromatic hydroxyl groups is 1. The molecule has 0 spiro atoms. The Morgan fingerprint density at radius 2 is 1.91 bits per heavy atom. The normalized spacial score (nSPS) is 10.3. The van der Waals surface area contributed by atoms with E-state index in [1.807, 2.05) is 5.38 Å². The second kappa shape index (κ2) is 6.52. The van der Waals surface area contributed by atoms with Gasteiger partial charge in [0.05, 0.1) is 26.5 Å². The number of hydrogen-bond acceptors (Lipinski definition) is 6. The van der Waals surface area contributed by atoms with Crippen molar-refractivity contribution < 1.29 is 24.5 Å². The Balaban J connectivity index is 2.33. The smallest absolute Gasteiger partial charge is 0.407 e. The molecule has 1 aromatic heterocycles. The predicted molar refractivity (Wildman–Crippen MR) is 81.8 cm³/mol. The van der Waals surface area contributed by atoms with E-state index in [0.29, 0.717) is 16.3 Å². The Morgan fingerprint density at radius 3 is 2.41 bits per heavy atom. The van der Waals surface area contributed by atoms with Gasteiger partial charge in [-0.25, -0.2) is 9.78 Å². The van der Waals surface area contributed by atoms with E-state index in [1.54, 1.807) is 12.1 Å². The predicted octanol–water partition coefficient (Wildman–Crippen LogP) is 2.64.